The van der Waals surface area contributed by atoms with E-state index in [1.807, 2.05) is 78.9 Å². The highest BCUT2D eigenvalue weighted by Gasteiger charge is 2.44. The van der Waals surface area contributed by atoms with Crippen molar-refractivity contribution in [2.75, 3.05) is 6.61 Å². The molecule has 0 spiro atoms. The third kappa shape index (κ3) is 6.82. The van der Waals surface area contributed by atoms with Gasteiger partial charge in [-0.1, -0.05) is 103 Å². The Morgan fingerprint density at radius 1 is 0.450 bits per heavy atom. The second kappa shape index (κ2) is 15.7. The van der Waals surface area contributed by atoms with Crippen molar-refractivity contribution in [2.24, 2.45) is 0 Å². The lowest BCUT2D eigenvalue weighted by molar-refractivity contribution is -0.277. The summed E-state index contributed by atoms with van der Waals surface area (Å²) in [4.78, 5) is 18.2. The zero-order valence-corrected chi connectivity index (χ0v) is 32.2. The second-order valence-corrected chi connectivity index (χ2v) is 14.9. The third-order valence-corrected chi connectivity index (χ3v) is 11.2. The molecule has 7 aromatic rings. The van der Waals surface area contributed by atoms with Crippen LogP contribution in [-0.2, 0) is 4.74 Å². The van der Waals surface area contributed by atoms with Gasteiger partial charge in [0, 0.05) is 44.3 Å². The van der Waals surface area contributed by atoms with Crippen LogP contribution in [0.3, 0.4) is 0 Å². The number of nitrogens with zero attached hydrogens (tertiary/aromatic N) is 2. The maximum absolute atomic E-state index is 10.6. The molecule has 6 heterocycles. The predicted molar refractivity (Wildman–Crippen MR) is 235 cm³/mol. The molecule has 0 unspecified atom stereocenters. The standard InChI is InChI=1S/C50H40N4O6/c55-28-42-47(56)48(57)49(58)50(60-42)59-33-18-16-32(17-19-33)46-40-26-24-38(53-40)44(30-12-6-2-7-13-30)36-22-20-34(51-36)43(29-10-4-1-5-11-29)35-21-23-37(52-35)45(31-14-8-3-9-15-31)39-25-27-41(46)54-39/h1-27,42,47-51,54-58H,28H2/t42-,47-,48+,49-,50-/m1/s1. The molecule has 10 rings (SSSR count). The molecule has 60 heavy (non-hydrogen) atoms. The minimum absolute atomic E-state index is 0.354. The van der Waals surface area contributed by atoms with Crippen LogP contribution < -0.4 is 4.74 Å². The zero-order chi connectivity index (χ0) is 40.7. The van der Waals surface area contributed by atoms with E-state index in [1.165, 1.54) is 0 Å². The lowest BCUT2D eigenvalue weighted by Crippen LogP contribution is -2.60. The van der Waals surface area contributed by atoms with E-state index in [2.05, 4.69) is 82.8 Å². The van der Waals surface area contributed by atoms with Crippen LogP contribution in [0.15, 0.2) is 140 Å². The van der Waals surface area contributed by atoms with Gasteiger partial charge >= 0.3 is 0 Å². The molecule has 4 aromatic carbocycles. The van der Waals surface area contributed by atoms with Gasteiger partial charge in [0.1, 0.15) is 30.2 Å². The first-order valence-electron chi connectivity index (χ1n) is 19.8. The number of H-pyrrole nitrogens is 2. The van der Waals surface area contributed by atoms with Crippen LogP contribution in [0.4, 0.5) is 0 Å². The van der Waals surface area contributed by atoms with Crippen LogP contribution in [0.5, 0.6) is 5.75 Å². The molecular weight excluding hydrogens is 753 g/mol. The van der Waals surface area contributed by atoms with Gasteiger partial charge in [0.15, 0.2) is 0 Å². The fourth-order valence-electron chi connectivity index (χ4n) is 8.23. The van der Waals surface area contributed by atoms with Gasteiger partial charge in [0.25, 0.3) is 0 Å². The van der Waals surface area contributed by atoms with E-state index in [1.54, 1.807) is 12.1 Å². The molecular formula is C50H40N4O6. The van der Waals surface area contributed by atoms with Gasteiger partial charge in [-0.25, -0.2) is 9.97 Å². The van der Waals surface area contributed by atoms with E-state index in [-0.39, 0.29) is 0 Å². The summed E-state index contributed by atoms with van der Waals surface area (Å²) < 4.78 is 11.6. The van der Waals surface area contributed by atoms with Gasteiger partial charge in [-0.3, -0.25) is 0 Å². The number of aromatic nitrogens is 4. The summed E-state index contributed by atoms with van der Waals surface area (Å²) in [7, 11) is 0. The molecule has 3 aliphatic heterocycles. The largest absolute Gasteiger partial charge is 0.462 e. The number of ether oxygens (including phenoxy) is 2. The molecule has 5 atom stereocenters. The molecule has 0 amide bonds. The quantitative estimate of drug-likeness (QED) is 0.0939. The summed E-state index contributed by atoms with van der Waals surface area (Å²) in [5, 5.41) is 40.9. The highest BCUT2D eigenvalue weighted by atomic mass is 16.7. The van der Waals surface area contributed by atoms with E-state index < -0.39 is 37.3 Å². The Kier molecular flexibility index (Phi) is 9.77. The number of aromatic amines is 2. The number of nitrogens with one attached hydrogen (secondary N) is 2. The van der Waals surface area contributed by atoms with Gasteiger partial charge in [-0.05, 0) is 83.0 Å². The molecule has 3 aliphatic rings. The average Bonchev–Trinajstić information content (AvgIpc) is 4.14. The van der Waals surface area contributed by atoms with Crippen molar-refractivity contribution in [1.29, 1.82) is 0 Å². The molecule has 3 aromatic heterocycles. The van der Waals surface area contributed by atoms with E-state index in [0.29, 0.717) is 5.75 Å². The average molecular weight is 793 g/mol. The van der Waals surface area contributed by atoms with Crippen molar-refractivity contribution in [3.63, 3.8) is 0 Å². The summed E-state index contributed by atoms with van der Waals surface area (Å²) in [6.45, 7) is -0.553. The maximum Gasteiger partial charge on any atom is 0.229 e. The Labute approximate surface area is 345 Å². The minimum Gasteiger partial charge on any atom is -0.462 e. The Bertz CT molecular complexity index is 2890. The molecule has 1 saturated heterocycles. The highest BCUT2D eigenvalue weighted by Crippen LogP contribution is 2.39. The molecule has 0 aliphatic carbocycles. The van der Waals surface area contributed by atoms with Gasteiger partial charge < -0.3 is 39.9 Å². The van der Waals surface area contributed by atoms with Crippen LogP contribution >= 0.6 is 0 Å². The summed E-state index contributed by atoms with van der Waals surface area (Å²) in [6, 6.07) is 46.4. The Hall–Kier alpha value is -6.92. The van der Waals surface area contributed by atoms with Crippen LogP contribution in [-0.4, -0.2) is 77.7 Å². The van der Waals surface area contributed by atoms with Crippen molar-refractivity contribution < 1.29 is 29.9 Å². The Morgan fingerprint density at radius 2 is 0.817 bits per heavy atom. The van der Waals surface area contributed by atoms with Crippen molar-refractivity contribution in [3.05, 3.63) is 162 Å². The third-order valence-electron chi connectivity index (χ3n) is 11.2. The van der Waals surface area contributed by atoms with Crippen LogP contribution in [0.1, 0.15) is 22.8 Å². The Morgan fingerprint density at radius 3 is 1.18 bits per heavy atom. The fourth-order valence-corrected chi connectivity index (χ4v) is 8.23. The highest BCUT2D eigenvalue weighted by molar-refractivity contribution is 5.99. The maximum atomic E-state index is 10.6. The van der Waals surface area contributed by atoms with E-state index in [9.17, 15) is 20.4 Å². The van der Waals surface area contributed by atoms with E-state index in [0.717, 1.165) is 89.4 Å². The van der Waals surface area contributed by atoms with Crippen LogP contribution in [0.2, 0.25) is 0 Å². The smallest absolute Gasteiger partial charge is 0.229 e. The van der Waals surface area contributed by atoms with Crippen molar-refractivity contribution in [3.8, 4) is 50.3 Å². The first kappa shape index (κ1) is 37.4. The van der Waals surface area contributed by atoms with Crippen molar-refractivity contribution in [1.82, 2.24) is 19.9 Å². The molecule has 10 heteroatoms. The molecule has 1 fully saturated rings. The summed E-state index contributed by atoms with van der Waals surface area (Å²) in [5.41, 5.74) is 14.3. The summed E-state index contributed by atoms with van der Waals surface area (Å²) >= 11 is 0. The predicted octanol–water partition coefficient (Wildman–Crippen LogP) is 8.50. The zero-order valence-electron chi connectivity index (χ0n) is 32.2. The van der Waals surface area contributed by atoms with Crippen molar-refractivity contribution >= 4 is 46.4 Å². The fraction of sp³-hybridized carbons (Fsp3) is 0.120. The van der Waals surface area contributed by atoms with E-state index >= 15 is 0 Å². The SMILES string of the molecule is OC[C@H]1O[C@@H](Oc2ccc(-c3c4nc(c(-c5ccccc5)c5ccc([nH]5)c(-c5ccccc5)c5nc(c(-c6ccccc6)c6ccc3[nH]6)C=C5)C=C4)cc2)[C@H](O)[C@@H](O)[C@@H]1O. The van der Waals surface area contributed by atoms with Gasteiger partial charge in [0.2, 0.25) is 6.29 Å². The van der Waals surface area contributed by atoms with Gasteiger partial charge in [-0.2, -0.15) is 0 Å². The molecule has 296 valence electrons. The number of hydrogen-bond donors (Lipinski definition) is 6. The lowest BCUT2D eigenvalue weighted by atomic mass is 9.99. The molecule has 8 bridgehead atoms. The topological polar surface area (TPSA) is 157 Å². The molecule has 0 radical (unpaired) electrons. The second-order valence-electron chi connectivity index (χ2n) is 14.9. The number of aliphatic hydroxyl groups excluding tert-OH is 4. The van der Waals surface area contributed by atoms with E-state index in [4.69, 9.17) is 19.4 Å². The molecule has 10 nitrogen and oxygen atoms in total. The number of rotatable bonds is 7. The van der Waals surface area contributed by atoms with Gasteiger partial charge in [0.05, 0.1) is 29.4 Å². The van der Waals surface area contributed by atoms with Crippen molar-refractivity contribution in [2.45, 2.75) is 30.7 Å². The summed E-state index contributed by atoms with van der Waals surface area (Å²) in [5.74, 6) is 0.354. The lowest BCUT2D eigenvalue weighted by Gasteiger charge is -2.39. The number of aliphatic hydroxyl groups is 4. The monoisotopic (exact) mass is 792 g/mol. The van der Waals surface area contributed by atoms with Crippen LogP contribution in [0, 0.1) is 0 Å². The first-order valence-corrected chi connectivity index (χ1v) is 19.8. The Balaban J connectivity index is 1.23. The molecule has 6 N–H and O–H groups in total. The minimum atomic E-state index is -1.55. The summed E-state index contributed by atoms with van der Waals surface area (Å²) in [6.07, 6.45) is 1.26. The number of benzene rings is 4. The number of hydrogen-bond acceptors (Lipinski definition) is 8. The first-order chi connectivity index (χ1) is 29.4. The van der Waals surface area contributed by atoms with Crippen LogP contribution in [0.25, 0.3) is 90.9 Å². The molecule has 0 saturated carbocycles. The number of fused-ring (bicyclic) bond motifs is 8. The normalized spacial score (nSPS) is 19.7. The van der Waals surface area contributed by atoms with Gasteiger partial charge in [-0.15, -0.1) is 0 Å².